The van der Waals surface area contributed by atoms with Gasteiger partial charge in [-0.1, -0.05) is 25.1 Å². The van der Waals surface area contributed by atoms with Crippen LogP contribution in [0.5, 0.6) is 0 Å². The number of anilines is 1. The molecule has 1 aromatic carbocycles. The highest BCUT2D eigenvalue weighted by Crippen LogP contribution is 2.22. The van der Waals surface area contributed by atoms with Crippen LogP contribution in [0.4, 0.5) is 5.69 Å². The Morgan fingerprint density at radius 2 is 1.85 bits per heavy atom. The molecule has 0 radical (unpaired) electrons. The van der Waals surface area contributed by atoms with Crippen molar-refractivity contribution in [1.82, 2.24) is 18.9 Å². The molecular weight excluding hydrogens is 446 g/mol. The fraction of sp³-hybridized carbons (Fsp3) is 0.227. The van der Waals surface area contributed by atoms with Gasteiger partial charge in [-0.05, 0) is 19.1 Å². The lowest BCUT2D eigenvalue weighted by molar-refractivity contribution is -0.116. The van der Waals surface area contributed by atoms with E-state index >= 15 is 0 Å². The first-order valence-corrected chi connectivity index (χ1v) is 11.0. The van der Waals surface area contributed by atoms with Gasteiger partial charge in [-0.15, -0.1) is 11.3 Å². The van der Waals surface area contributed by atoms with Crippen molar-refractivity contribution < 1.29 is 14.7 Å². The van der Waals surface area contributed by atoms with Crippen molar-refractivity contribution in [3.8, 4) is 5.69 Å². The summed E-state index contributed by atoms with van der Waals surface area (Å²) in [5, 5.41) is 13.3. The first-order valence-electron chi connectivity index (χ1n) is 10.1. The molecule has 0 fully saturated rings. The number of hydrogen-bond acceptors (Lipinski definition) is 6. The number of nitrogens with zero attached hydrogens (tertiary/aromatic N) is 4. The van der Waals surface area contributed by atoms with Crippen molar-refractivity contribution in [2.75, 3.05) is 5.32 Å². The van der Waals surface area contributed by atoms with Gasteiger partial charge in [0.05, 0.1) is 22.3 Å². The van der Waals surface area contributed by atoms with Crippen LogP contribution in [0, 0.1) is 6.92 Å². The van der Waals surface area contributed by atoms with Gasteiger partial charge in [-0.25, -0.2) is 14.5 Å². The van der Waals surface area contributed by atoms with Crippen molar-refractivity contribution >= 4 is 39.1 Å². The Morgan fingerprint density at radius 1 is 1.15 bits per heavy atom. The molecule has 0 aliphatic carbocycles. The summed E-state index contributed by atoms with van der Waals surface area (Å²) >= 11 is 1.07. The van der Waals surface area contributed by atoms with Gasteiger partial charge in [0.15, 0.2) is 0 Å². The Morgan fingerprint density at radius 3 is 2.48 bits per heavy atom. The van der Waals surface area contributed by atoms with Crippen molar-refractivity contribution in [1.29, 1.82) is 0 Å². The number of aromatic nitrogens is 4. The number of carboxylic acid groups (broad SMARTS) is 1. The molecule has 33 heavy (non-hydrogen) atoms. The van der Waals surface area contributed by atoms with E-state index in [1.54, 1.807) is 49.8 Å². The summed E-state index contributed by atoms with van der Waals surface area (Å²) in [7, 11) is 1.71. The van der Waals surface area contributed by atoms with Crippen molar-refractivity contribution in [3.63, 3.8) is 0 Å². The largest absolute Gasteiger partial charge is 0.478 e. The lowest BCUT2D eigenvalue weighted by atomic mass is 10.2. The molecule has 0 saturated heterocycles. The molecule has 4 aromatic rings. The summed E-state index contributed by atoms with van der Waals surface area (Å²) in [5.41, 5.74) is 0.141. The first kappa shape index (κ1) is 22.2. The second-order valence-corrected chi connectivity index (χ2v) is 8.25. The number of aryl methyl sites for hydroxylation is 1. The summed E-state index contributed by atoms with van der Waals surface area (Å²) in [5.74, 6) is -1.47. The van der Waals surface area contributed by atoms with E-state index in [9.17, 15) is 24.3 Å². The lowest BCUT2D eigenvalue weighted by Gasteiger charge is -2.11. The summed E-state index contributed by atoms with van der Waals surface area (Å²) < 4.78 is 4.23. The molecule has 0 unspecified atom stereocenters. The topological polar surface area (TPSA) is 128 Å². The lowest BCUT2D eigenvalue weighted by Crippen LogP contribution is -2.32. The molecule has 3 heterocycles. The first-order chi connectivity index (χ1) is 15.7. The van der Waals surface area contributed by atoms with Crippen molar-refractivity contribution in [2.24, 2.45) is 7.05 Å². The minimum Gasteiger partial charge on any atom is -0.478 e. The number of nitrogens with one attached hydrogen (secondary N) is 1. The van der Waals surface area contributed by atoms with Crippen LogP contribution in [0.3, 0.4) is 0 Å². The third-order valence-electron chi connectivity index (χ3n) is 5.44. The number of carbonyl (C=O) groups is 2. The molecule has 1 amide bonds. The normalized spacial score (nSPS) is 11.1. The van der Waals surface area contributed by atoms with E-state index in [1.165, 1.54) is 10.1 Å². The number of hydrogen-bond donors (Lipinski definition) is 2. The molecule has 3 aromatic heterocycles. The number of thiophene rings is 1. The van der Waals surface area contributed by atoms with E-state index in [0.29, 0.717) is 28.5 Å². The zero-order valence-corrected chi connectivity index (χ0v) is 19.0. The molecule has 10 nitrogen and oxygen atoms in total. The fourth-order valence-electron chi connectivity index (χ4n) is 3.69. The number of rotatable bonds is 6. The maximum atomic E-state index is 13.1. The average molecular weight is 468 g/mol. The molecule has 0 saturated carbocycles. The predicted octanol–water partition coefficient (Wildman–Crippen LogP) is 2.16. The fourth-order valence-corrected chi connectivity index (χ4v) is 4.61. The number of amides is 1. The molecule has 2 N–H and O–H groups in total. The van der Waals surface area contributed by atoms with Crippen molar-refractivity contribution in [2.45, 2.75) is 26.8 Å². The summed E-state index contributed by atoms with van der Waals surface area (Å²) in [6.45, 7) is 3.09. The number of benzene rings is 1. The molecule has 0 bridgehead atoms. The van der Waals surface area contributed by atoms with Crippen LogP contribution >= 0.6 is 11.3 Å². The second kappa shape index (κ2) is 8.51. The van der Waals surface area contributed by atoms with Gasteiger partial charge < -0.3 is 10.4 Å². The van der Waals surface area contributed by atoms with Crippen molar-refractivity contribution in [3.05, 3.63) is 73.5 Å². The van der Waals surface area contributed by atoms with Crippen LogP contribution in [0.2, 0.25) is 0 Å². The average Bonchev–Trinajstić information content (AvgIpc) is 3.31. The highest BCUT2D eigenvalue weighted by molar-refractivity contribution is 7.17. The Kier molecular flexibility index (Phi) is 5.73. The predicted molar refractivity (Wildman–Crippen MR) is 125 cm³/mol. The Bertz CT molecular complexity index is 1510. The SMILES string of the molecule is CCc1nc2scc(C(=O)O)c2c(=O)n1CC(=O)Nc1c(C)n(C)n(-c2ccccc2)c1=O. The Hall–Kier alpha value is -3.99. The molecule has 170 valence electrons. The molecule has 0 aliphatic heterocycles. The van der Waals surface area contributed by atoms with Crippen LogP contribution in [0.15, 0.2) is 45.3 Å². The number of carbonyl (C=O) groups excluding carboxylic acids is 1. The highest BCUT2D eigenvalue weighted by atomic mass is 32.1. The van der Waals surface area contributed by atoms with Gasteiger partial charge in [-0.2, -0.15) is 0 Å². The second-order valence-electron chi connectivity index (χ2n) is 7.39. The smallest absolute Gasteiger partial charge is 0.337 e. The van der Waals surface area contributed by atoms with Gasteiger partial charge in [0.2, 0.25) is 5.91 Å². The summed E-state index contributed by atoms with van der Waals surface area (Å²) in [6.07, 6.45) is 0.365. The maximum Gasteiger partial charge on any atom is 0.337 e. The third kappa shape index (κ3) is 3.76. The van der Waals surface area contributed by atoms with E-state index in [1.807, 2.05) is 6.07 Å². The van der Waals surface area contributed by atoms with E-state index in [2.05, 4.69) is 10.3 Å². The number of fused-ring (bicyclic) bond motifs is 1. The quantitative estimate of drug-likeness (QED) is 0.447. The summed E-state index contributed by atoms with van der Waals surface area (Å²) in [4.78, 5) is 55.2. The Balaban J connectivity index is 1.72. The number of carboxylic acids is 1. The van der Waals surface area contributed by atoms with Crippen LogP contribution in [0.1, 0.15) is 28.8 Å². The van der Waals surface area contributed by atoms with Crippen LogP contribution in [-0.2, 0) is 24.8 Å². The van der Waals surface area contributed by atoms with Gasteiger partial charge in [-0.3, -0.25) is 23.6 Å². The van der Waals surface area contributed by atoms with Crippen LogP contribution in [-0.4, -0.2) is 35.9 Å². The van der Waals surface area contributed by atoms with E-state index in [4.69, 9.17) is 0 Å². The zero-order valence-electron chi connectivity index (χ0n) is 18.2. The zero-order chi connectivity index (χ0) is 23.9. The van der Waals surface area contributed by atoms with E-state index < -0.39 is 29.5 Å². The molecule has 11 heteroatoms. The molecule has 0 spiro atoms. The van der Waals surface area contributed by atoms with E-state index in [0.717, 1.165) is 15.9 Å². The van der Waals surface area contributed by atoms with Gasteiger partial charge in [0.1, 0.15) is 22.9 Å². The van der Waals surface area contributed by atoms with Gasteiger partial charge >= 0.3 is 5.97 Å². The third-order valence-corrected chi connectivity index (χ3v) is 6.31. The summed E-state index contributed by atoms with van der Waals surface area (Å²) in [6, 6.07) is 9.01. The molecule has 4 rings (SSSR count). The minimum absolute atomic E-state index is 0.0279. The van der Waals surface area contributed by atoms with Gasteiger partial charge in [0.25, 0.3) is 11.1 Å². The maximum absolute atomic E-state index is 13.1. The van der Waals surface area contributed by atoms with Gasteiger partial charge in [0, 0.05) is 18.8 Å². The monoisotopic (exact) mass is 467 g/mol. The number of para-hydroxylation sites is 1. The van der Waals surface area contributed by atoms with E-state index in [-0.39, 0.29) is 16.6 Å². The standard InChI is InChI=1S/C22H21N5O5S/c1-4-15-23-19-17(14(11-33-19)22(31)32)20(29)26(15)10-16(28)24-18-12(2)25(3)27(21(18)30)13-8-6-5-7-9-13/h5-9,11H,4,10H2,1-3H3,(H,24,28)(H,31,32). The molecule has 0 aliphatic rings. The number of aromatic carboxylic acids is 1. The molecule has 0 atom stereocenters. The minimum atomic E-state index is -1.23. The molecular formula is C22H21N5O5S. The Labute approximate surface area is 191 Å². The van der Waals surface area contributed by atoms with Crippen LogP contribution < -0.4 is 16.4 Å². The highest BCUT2D eigenvalue weighted by Gasteiger charge is 2.22. The van der Waals surface area contributed by atoms with Crippen LogP contribution in [0.25, 0.3) is 15.9 Å².